The predicted octanol–water partition coefficient (Wildman–Crippen LogP) is 5.15. The molecule has 2 aromatic carbocycles. The van der Waals surface area contributed by atoms with Crippen molar-refractivity contribution in [2.45, 2.75) is 26.8 Å². The molecule has 0 bridgehead atoms. The molecule has 0 saturated carbocycles. The van der Waals surface area contributed by atoms with Gasteiger partial charge in [0.05, 0.1) is 4.92 Å². The monoisotopic (exact) mass is 348 g/mol. The number of hydrogen-bond donors (Lipinski definition) is 1. The zero-order chi connectivity index (χ0) is 15.6. The maximum Gasteiger partial charge on any atom is 0.274 e. The second-order valence-electron chi connectivity index (χ2n) is 5.10. The van der Waals surface area contributed by atoms with Gasteiger partial charge in [-0.2, -0.15) is 0 Å². The Labute approximate surface area is 132 Å². The summed E-state index contributed by atoms with van der Waals surface area (Å²) in [7, 11) is 0. The highest BCUT2D eigenvalue weighted by Gasteiger charge is 2.16. The standard InChI is InChI=1S/C16H17BrN2O2/c1-10-8-11(2)16(19(20)21)9-15(10)18-12(3)13-6-4-5-7-14(13)17/h4-9,12,18H,1-3H3. The number of aryl methyl sites for hydroxylation is 2. The fraction of sp³-hybridized carbons (Fsp3) is 0.250. The molecule has 0 radical (unpaired) electrons. The average Bonchev–Trinajstić information content (AvgIpc) is 2.41. The lowest BCUT2D eigenvalue weighted by molar-refractivity contribution is -0.385. The molecule has 1 atom stereocenters. The van der Waals surface area contributed by atoms with Crippen LogP contribution < -0.4 is 5.32 Å². The number of nitro groups is 1. The fourth-order valence-electron chi connectivity index (χ4n) is 2.33. The topological polar surface area (TPSA) is 55.2 Å². The highest BCUT2D eigenvalue weighted by atomic mass is 79.9. The molecule has 0 aliphatic heterocycles. The highest BCUT2D eigenvalue weighted by molar-refractivity contribution is 9.10. The van der Waals surface area contributed by atoms with Crippen LogP contribution in [0.5, 0.6) is 0 Å². The molecule has 0 aromatic heterocycles. The molecular weight excluding hydrogens is 332 g/mol. The summed E-state index contributed by atoms with van der Waals surface area (Å²) in [6.45, 7) is 5.74. The van der Waals surface area contributed by atoms with Crippen molar-refractivity contribution < 1.29 is 4.92 Å². The minimum Gasteiger partial charge on any atom is -0.378 e. The van der Waals surface area contributed by atoms with Crippen molar-refractivity contribution in [1.29, 1.82) is 0 Å². The van der Waals surface area contributed by atoms with Crippen molar-refractivity contribution in [3.05, 3.63) is 67.7 Å². The summed E-state index contributed by atoms with van der Waals surface area (Å²) in [4.78, 5) is 10.7. The van der Waals surface area contributed by atoms with Gasteiger partial charge in [0, 0.05) is 27.8 Å². The molecule has 21 heavy (non-hydrogen) atoms. The van der Waals surface area contributed by atoms with Gasteiger partial charge in [-0.15, -0.1) is 0 Å². The van der Waals surface area contributed by atoms with Gasteiger partial charge in [-0.25, -0.2) is 0 Å². The third-order valence-electron chi connectivity index (χ3n) is 3.48. The van der Waals surface area contributed by atoms with Gasteiger partial charge < -0.3 is 5.32 Å². The number of nitrogens with one attached hydrogen (secondary N) is 1. The Balaban J connectivity index is 2.33. The summed E-state index contributed by atoms with van der Waals surface area (Å²) in [6, 6.07) is 11.4. The van der Waals surface area contributed by atoms with Crippen LogP contribution in [0.4, 0.5) is 11.4 Å². The molecular formula is C16H17BrN2O2. The molecule has 0 spiro atoms. The Morgan fingerprint density at radius 2 is 1.86 bits per heavy atom. The molecule has 0 heterocycles. The van der Waals surface area contributed by atoms with Gasteiger partial charge >= 0.3 is 0 Å². The third kappa shape index (κ3) is 3.42. The zero-order valence-electron chi connectivity index (χ0n) is 12.2. The summed E-state index contributed by atoms with van der Waals surface area (Å²) in [6.07, 6.45) is 0. The normalized spacial score (nSPS) is 12.0. The molecule has 2 aromatic rings. The van der Waals surface area contributed by atoms with Gasteiger partial charge in [-0.3, -0.25) is 10.1 Å². The summed E-state index contributed by atoms with van der Waals surface area (Å²) >= 11 is 3.53. The van der Waals surface area contributed by atoms with E-state index in [2.05, 4.69) is 21.2 Å². The lowest BCUT2D eigenvalue weighted by atomic mass is 10.1. The first kappa shape index (κ1) is 15.5. The van der Waals surface area contributed by atoms with Crippen LogP contribution in [-0.4, -0.2) is 4.92 Å². The van der Waals surface area contributed by atoms with E-state index in [0.717, 1.165) is 21.3 Å². The van der Waals surface area contributed by atoms with Crippen molar-refractivity contribution in [2.75, 3.05) is 5.32 Å². The van der Waals surface area contributed by atoms with Crippen LogP contribution in [0, 0.1) is 24.0 Å². The van der Waals surface area contributed by atoms with E-state index in [9.17, 15) is 10.1 Å². The summed E-state index contributed by atoms with van der Waals surface area (Å²) in [5, 5.41) is 14.4. The molecule has 4 nitrogen and oxygen atoms in total. The van der Waals surface area contributed by atoms with E-state index >= 15 is 0 Å². The van der Waals surface area contributed by atoms with Gasteiger partial charge in [0.25, 0.3) is 5.69 Å². The van der Waals surface area contributed by atoms with Crippen LogP contribution in [0.1, 0.15) is 29.7 Å². The molecule has 1 N–H and O–H groups in total. The van der Waals surface area contributed by atoms with Gasteiger partial charge in [-0.05, 0) is 44.0 Å². The number of rotatable bonds is 4. The smallest absolute Gasteiger partial charge is 0.274 e. The SMILES string of the molecule is Cc1cc(C)c([N+](=O)[O-])cc1NC(C)c1ccccc1Br. The summed E-state index contributed by atoms with van der Waals surface area (Å²) in [5.41, 5.74) is 3.71. The van der Waals surface area contributed by atoms with Gasteiger partial charge in [0.15, 0.2) is 0 Å². The number of anilines is 1. The predicted molar refractivity (Wildman–Crippen MR) is 88.8 cm³/mol. The van der Waals surface area contributed by atoms with E-state index in [1.165, 1.54) is 0 Å². The fourth-order valence-corrected chi connectivity index (χ4v) is 2.96. The number of benzene rings is 2. The molecule has 0 aliphatic carbocycles. The largest absolute Gasteiger partial charge is 0.378 e. The molecule has 5 heteroatoms. The van der Waals surface area contributed by atoms with Crippen molar-refractivity contribution in [2.24, 2.45) is 0 Å². The number of nitrogens with zero attached hydrogens (tertiary/aromatic N) is 1. The maximum absolute atomic E-state index is 11.1. The van der Waals surface area contributed by atoms with Crippen LogP contribution in [0.3, 0.4) is 0 Å². The third-order valence-corrected chi connectivity index (χ3v) is 4.21. The highest BCUT2D eigenvalue weighted by Crippen LogP contribution is 2.31. The van der Waals surface area contributed by atoms with Crippen LogP contribution in [0.25, 0.3) is 0 Å². The van der Waals surface area contributed by atoms with Crippen LogP contribution in [0.15, 0.2) is 40.9 Å². The lowest BCUT2D eigenvalue weighted by Crippen LogP contribution is -2.09. The van der Waals surface area contributed by atoms with E-state index in [0.29, 0.717) is 5.56 Å². The lowest BCUT2D eigenvalue weighted by Gasteiger charge is -2.19. The molecule has 110 valence electrons. The molecule has 1 unspecified atom stereocenters. The second-order valence-corrected chi connectivity index (χ2v) is 5.95. The Morgan fingerprint density at radius 3 is 2.48 bits per heavy atom. The first-order valence-corrected chi connectivity index (χ1v) is 7.46. The van der Waals surface area contributed by atoms with Gasteiger partial charge in [0.1, 0.15) is 0 Å². The van der Waals surface area contributed by atoms with E-state index in [1.54, 1.807) is 13.0 Å². The average molecular weight is 349 g/mol. The van der Waals surface area contributed by atoms with Crippen molar-refractivity contribution in [3.63, 3.8) is 0 Å². The molecule has 0 amide bonds. The van der Waals surface area contributed by atoms with E-state index < -0.39 is 0 Å². The molecule has 0 aliphatic rings. The first-order valence-electron chi connectivity index (χ1n) is 6.66. The van der Waals surface area contributed by atoms with Crippen molar-refractivity contribution >= 4 is 27.3 Å². The maximum atomic E-state index is 11.1. The van der Waals surface area contributed by atoms with Crippen LogP contribution in [0.2, 0.25) is 0 Å². The number of halogens is 1. The Hall–Kier alpha value is -1.88. The van der Waals surface area contributed by atoms with E-state index in [1.807, 2.05) is 44.2 Å². The summed E-state index contributed by atoms with van der Waals surface area (Å²) < 4.78 is 1.02. The molecule has 0 fully saturated rings. The zero-order valence-corrected chi connectivity index (χ0v) is 13.8. The minimum absolute atomic E-state index is 0.0431. The number of nitro benzene ring substituents is 1. The number of hydrogen-bond acceptors (Lipinski definition) is 3. The van der Waals surface area contributed by atoms with Crippen molar-refractivity contribution in [1.82, 2.24) is 0 Å². The van der Waals surface area contributed by atoms with E-state index in [4.69, 9.17) is 0 Å². The van der Waals surface area contributed by atoms with E-state index in [-0.39, 0.29) is 16.7 Å². The minimum atomic E-state index is -0.344. The quantitative estimate of drug-likeness (QED) is 0.614. The van der Waals surface area contributed by atoms with Crippen LogP contribution >= 0.6 is 15.9 Å². The van der Waals surface area contributed by atoms with Crippen molar-refractivity contribution in [3.8, 4) is 0 Å². The first-order chi connectivity index (χ1) is 9.90. The second kappa shape index (κ2) is 6.26. The van der Waals surface area contributed by atoms with Crippen LogP contribution in [-0.2, 0) is 0 Å². The Kier molecular flexibility index (Phi) is 4.63. The Morgan fingerprint density at radius 1 is 1.19 bits per heavy atom. The Bertz CT molecular complexity index is 686. The summed E-state index contributed by atoms with van der Waals surface area (Å²) in [5.74, 6) is 0. The molecule has 2 rings (SSSR count). The molecule has 0 saturated heterocycles. The van der Waals surface area contributed by atoms with Gasteiger partial charge in [0.2, 0.25) is 0 Å². The van der Waals surface area contributed by atoms with Gasteiger partial charge in [-0.1, -0.05) is 34.1 Å².